The predicted molar refractivity (Wildman–Crippen MR) is 83.8 cm³/mol. The molecule has 4 nitrogen and oxygen atoms in total. The summed E-state index contributed by atoms with van der Waals surface area (Å²) in [7, 11) is 0. The Morgan fingerprint density at radius 2 is 1.90 bits per heavy atom. The molecule has 0 aromatic rings. The van der Waals surface area contributed by atoms with Crippen molar-refractivity contribution in [1.29, 1.82) is 0 Å². The zero-order valence-corrected chi connectivity index (χ0v) is 14.2. The average molecular weight is 294 g/mol. The largest absolute Gasteiger partial charge is 0.340 e. The van der Waals surface area contributed by atoms with E-state index in [2.05, 4.69) is 33.0 Å². The minimum atomic E-state index is -0.667. The molecule has 2 fully saturated rings. The number of carbonyl (C=O) groups excluding carboxylic acids is 2. The summed E-state index contributed by atoms with van der Waals surface area (Å²) in [5, 5.41) is 3.04. The lowest BCUT2D eigenvalue weighted by Gasteiger charge is -2.45. The molecule has 1 heterocycles. The lowest BCUT2D eigenvalue weighted by Crippen LogP contribution is -2.70. The molecule has 0 aromatic carbocycles. The third kappa shape index (κ3) is 3.41. The van der Waals surface area contributed by atoms with Crippen LogP contribution >= 0.6 is 0 Å². The molecule has 4 heteroatoms. The van der Waals surface area contributed by atoms with Crippen molar-refractivity contribution < 1.29 is 9.59 Å². The number of hydrogen-bond donors (Lipinski definition) is 1. The zero-order chi connectivity index (χ0) is 15.8. The van der Waals surface area contributed by atoms with Gasteiger partial charge in [0.15, 0.2) is 0 Å². The normalized spacial score (nSPS) is 30.5. The minimum Gasteiger partial charge on any atom is -0.340 e. The fraction of sp³-hybridized carbons (Fsp3) is 0.882. The number of nitrogens with one attached hydrogen (secondary N) is 1. The molecule has 0 bridgehead atoms. The van der Waals surface area contributed by atoms with Gasteiger partial charge < -0.3 is 10.2 Å². The first-order valence-electron chi connectivity index (χ1n) is 8.32. The molecular weight excluding hydrogens is 264 g/mol. The van der Waals surface area contributed by atoms with Crippen LogP contribution in [-0.2, 0) is 9.59 Å². The van der Waals surface area contributed by atoms with Gasteiger partial charge in [0.05, 0.1) is 0 Å². The van der Waals surface area contributed by atoms with Crippen molar-refractivity contribution in [2.45, 2.75) is 78.3 Å². The van der Waals surface area contributed by atoms with Crippen LogP contribution in [0.3, 0.4) is 0 Å². The van der Waals surface area contributed by atoms with Crippen LogP contribution in [0.1, 0.15) is 66.7 Å². The quantitative estimate of drug-likeness (QED) is 0.847. The number of rotatable bonds is 5. The predicted octanol–water partition coefficient (Wildman–Crippen LogP) is 2.72. The number of amides is 2. The molecule has 21 heavy (non-hydrogen) atoms. The number of hydrogen-bond acceptors (Lipinski definition) is 2. The highest BCUT2D eigenvalue weighted by Crippen LogP contribution is 2.42. The highest BCUT2D eigenvalue weighted by atomic mass is 16.2. The maximum atomic E-state index is 13.0. The Balaban J connectivity index is 2.20. The fourth-order valence-electron chi connectivity index (χ4n) is 3.19. The van der Waals surface area contributed by atoms with Crippen molar-refractivity contribution in [2.75, 3.05) is 6.54 Å². The van der Waals surface area contributed by atoms with E-state index in [1.807, 2.05) is 11.8 Å². The van der Waals surface area contributed by atoms with Crippen LogP contribution in [0, 0.1) is 11.3 Å². The Morgan fingerprint density at radius 3 is 2.38 bits per heavy atom. The molecular formula is C17H30N2O2. The first-order valence-corrected chi connectivity index (χ1v) is 8.32. The van der Waals surface area contributed by atoms with Gasteiger partial charge in [0.2, 0.25) is 11.8 Å². The summed E-state index contributed by atoms with van der Waals surface area (Å²) in [4.78, 5) is 27.4. The Hall–Kier alpha value is -1.06. The molecule has 0 radical (unpaired) electrons. The number of piperazine rings is 1. The molecule has 2 aliphatic rings. The van der Waals surface area contributed by atoms with E-state index in [0.29, 0.717) is 12.5 Å². The lowest BCUT2D eigenvalue weighted by atomic mass is 9.86. The molecule has 1 saturated carbocycles. The van der Waals surface area contributed by atoms with E-state index >= 15 is 0 Å². The van der Waals surface area contributed by atoms with Gasteiger partial charge in [0.1, 0.15) is 11.6 Å². The summed E-state index contributed by atoms with van der Waals surface area (Å²) in [5.41, 5.74) is -0.500. The summed E-state index contributed by atoms with van der Waals surface area (Å²) in [6, 6.07) is -0.281. The molecule has 2 rings (SSSR count). The smallest absolute Gasteiger partial charge is 0.249 e. The monoisotopic (exact) mass is 294 g/mol. The van der Waals surface area contributed by atoms with Crippen LogP contribution in [0.4, 0.5) is 0 Å². The number of carbonyl (C=O) groups is 2. The van der Waals surface area contributed by atoms with Gasteiger partial charge in [-0.05, 0) is 43.9 Å². The molecule has 1 aliphatic carbocycles. The van der Waals surface area contributed by atoms with Crippen molar-refractivity contribution in [3.8, 4) is 0 Å². The Morgan fingerprint density at radius 1 is 1.29 bits per heavy atom. The minimum absolute atomic E-state index is 0.0414. The zero-order valence-electron chi connectivity index (χ0n) is 14.2. The second-order valence-corrected chi connectivity index (χ2v) is 8.08. The van der Waals surface area contributed by atoms with Crippen molar-refractivity contribution >= 4 is 11.8 Å². The van der Waals surface area contributed by atoms with E-state index in [-0.39, 0.29) is 23.3 Å². The topological polar surface area (TPSA) is 49.4 Å². The van der Waals surface area contributed by atoms with Crippen molar-refractivity contribution in [3.05, 3.63) is 0 Å². The summed E-state index contributed by atoms with van der Waals surface area (Å²) < 4.78 is 0. The van der Waals surface area contributed by atoms with Gasteiger partial charge in [-0.1, -0.05) is 34.1 Å². The molecule has 0 aromatic heterocycles. The molecule has 1 saturated heterocycles. The maximum Gasteiger partial charge on any atom is 0.249 e. The molecule has 2 atom stereocenters. The standard InChI is InChI=1S/C17H30N2O2/c1-6-7-13-14(20)18-17(5,12-8-9-12)15(21)19(13)11-10-16(2,3)4/h12-13H,6-11H2,1-5H3,(H,18,20). The Labute approximate surface area is 128 Å². The first kappa shape index (κ1) is 16.3. The second-order valence-electron chi connectivity index (χ2n) is 8.08. The third-order valence-corrected chi connectivity index (χ3v) is 4.83. The summed E-state index contributed by atoms with van der Waals surface area (Å²) in [5.74, 6) is 0.501. The third-order valence-electron chi connectivity index (χ3n) is 4.83. The van der Waals surface area contributed by atoms with Crippen LogP contribution in [0.25, 0.3) is 0 Å². The summed E-state index contributed by atoms with van der Waals surface area (Å²) in [6.07, 6.45) is 4.69. The lowest BCUT2D eigenvalue weighted by molar-refractivity contribution is -0.156. The average Bonchev–Trinajstić information content (AvgIpc) is 3.18. The maximum absolute atomic E-state index is 13.0. The van der Waals surface area contributed by atoms with Gasteiger partial charge in [0.25, 0.3) is 0 Å². The van der Waals surface area contributed by atoms with E-state index in [4.69, 9.17) is 0 Å². The Kier molecular flexibility index (Phi) is 4.36. The second kappa shape index (κ2) is 5.62. The molecule has 1 N–H and O–H groups in total. The SMILES string of the molecule is CCCC1C(=O)NC(C)(C2CC2)C(=O)N1CCC(C)(C)C. The van der Waals surface area contributed by atoms with Crippen LogP contribution < -0.4 is 5.32 Å². The van der Waals surface area contributed by atoms with Crippen LogP contribution in [0.15, 0.2) is 0 Å². The van der Waals surface area contributed by atoms with Gasteiger partial charge in [-0.15, -0.1) is 0 Å². The van der Waals surface area contributed by atoms with E-state index in [1.54, 1.807) is 0 Å². The van der Waals surface area contributed by atoms with Crippen molar-refractivity contribution in [3.63, 3.8) is 0 Å². The molecule has 0 spiro atoms. The van der Waals surface area contributed by atoms with Crippen LogP contribution in [-0.4, -0.2) is 34.8 Å². The van der Waals surface area contributed by atoms with E-state index < -0.39 is 5.54 Å². The molecule has 1 aliphatic heterocycles. The van der Waals surface area contributed by atoms with Gasteiger partial charge in [-0.2, -0.15) is 0 Å². The van der Waals surface area contributed by atoms with Gasteiger partial charge in [0, 0.05) is 6.54 Å². The fourth-order valence-corrected chi connectivity index (χ4v) is 3.19. The van der Waals surface area contributed by atoms with Crippen LogP contribution in [0.2, 0.25) is 0 Å². The molecule has 2 unspecified atom stereocenters. The van der Waals surface area contributed by atoms with E-state index in [9.17, 15) is 9.59 Å². The molecule has 120 valence electrons. The van der Waals surface area contributed by atoms with Crippen LogP contribution in [0.5, 0.6) is 0 Å². The number of nitrogens with zero attached hydrogens (tertiary/aromatic N) is 1. The van der Waals surface area contributed by atoms with Crippen molar-refractivity contribution in [2.24, 2.45) is 11.3 Å². The van der Waals surface area contributed by atoms with Gasteiger partial charge >= 0.3 is 0 Å². The highest BCUT2D eigenvalue weighted by molar-refractivity contribution is 6.00. The summed E-state index contributed by atoms with van der Waals surface area (Å²) in [6.45, 7) is 11.2. The molecule has 2 amide bonds. The van der Waals surface area contributed by atoms with Crippen molar-refractivity contribution in [1.82, 2.24) is 10.2 Å². The van der Waals surface area contributed by atoms with Gasteiger partial charge in [-0.3, -0.25) is 9.59 Å². The first-order chi connectivity index (χ1) is 9.69. The van der Waals surface area contributed by atoms with Gasteiger partial charge in [-0.25, -0.2) is 0 Å². The highest BCUT2D eigenvalue weighted by Gasteiger charge is 2.54. The summed E-state index contributed by atoms with van der Waals surface area (Å²) >= 11 is 0. The Bertz CT molecular complexity index is 423. The van der Waals surface area contributed by atoms with E-state index in [0.717, 1.165) is 32.1 Å². The van der Waals surface area contributed by atoms with E-state index in [1.165, 1.54) is 0 Å².